The van der Waals surface area contributed by atoms with Crippen LogP contribution in [0.4, 0.5) is 0 Å². The van der Waals surface area contributed by atoms with E-state index in [1.807, 2.05) is 20.8 Å². The standard InChI is InChI=1S/C13H18N2O3/c1-4-13(2,3)12(18)15-8-10-7-9(11(16)17)5-6-14-10/h5-7H,4,8H2,1-3H3,(H,15,18)(H,16,17). The van der Waals surface area contributed by atoms with E-state index in [4.69, 9.17) is 5.11 Å². The first-order chi connectivity index (χ1) is 8.36. The molecule has 5 heteroatoms. The predicted molar refractivity (Wildman–Crippen MR) is 67.1 cm³/mol. The van der Waals surface area contributed by atoms with E-state index in [1.165, 1.54) is 18.3 Å². The average molecular weight is 250 g/mol. The van der Waals surface area contributed by atoms with Crippen LogP contribution in [-0.2, 0) is 11.3 Å². The van der Waals surface area contributed by atoms with Gasteiger partial charge in [0, 0.05) is 11.6 Å². The van der Waals surface area contributed by atoms with Crippen LogP contribution in [0.1, 0.15) is 43.2 Å². The van der Waals surface area contributed by atoms with Crippen molar-refractivity contribution in [3.63, 3.8) is 0 Å². The van der Waals surface area contributed by atoms with Crippen molar-refractivity contribution in [1.29, 1.82) is 0 Å². The van der Waals surface area contributed by atoms with E-state index in [0.717, 1.165) is 6.42 Å². The second-order valence-electron chi connectivity index (χ2n) is 4.76. The van der Waals surface area contributed by atoms with Gasteiger partial charge in [0.1, 0.15) is 0 Å². The number of aromatic carboxylic acids is 1. The van der Waals surface area contributed by atoms with Gasteiger partial charge in [0.05, 0.1) is 17.8 Å². The summed E-state index contributed by atoms with van der Waals surface area (Å²) >= 11 is 0. The van der Waals surface area contributed by atoms with Crippen molar-refractivity contribution in [2.45, 2.75) is 33.7 Å². The van der Waals surface area contributed by atoms with Gasteiger partial charge in [-0.3, -0.25) is 9.78 Å². The summed E-state index contributed by atoms with van der Waals surface area (Å²) in [5.74, 6) is -1.06. The zero-order chi connectivity index (χ0) is 13.8. The second kappa shape index (κ2) is 5.62. The third kappa shape index (κ3) is 3.55. The summed E-state index contributed by atoms with van der Waals surface area (Å²) in [6.45, 7) is 5.92. The molecule has 0 fully saturated rings. The predicted octanol–water partition coefficient (Wildman–Crippen LogP) is 1.83. The average Bonchev–Trinajstić information content (AvgIpc) is 2.36. The molecule has 0 aliphatic rings. The second-order valence-corrected chi connectivity index (χ2v) is 4.76. The molecule has 2 N–H and O–H groups in total. The summed E-state index contributed by atoms with van der Waals surface area (Å²) in [6, 6.07) is 2.88. The van der Waals surface area contributed by atoms with Gasteiger partial charge in [0.2, 0.25) is 5.91 Å². The Morgan fingerprint density at radius 1 is 1.44 bits per heavy atom. The van der Waals surface area contributed by atoms with E-state index in [-0.39, 0.29) is 18.0 Å². The molecular formula is C13H18N2O3. The lowest BCUT2D eigenvalue weighted by atomic mass is 9.89. The Hall–Kier alpha value is -1.91. The Bertz CT molecular complexity index is 455. The quantitative estimate of drug-likeness (QED) is 0.835. The van der Waals surface area contributed by atoms with Gasteiger partial charge < -0.3 is 10.4 Å². The highest BCUT2D eigenvalue weighted by Gasteiger charge is 2.24. The molecule has 0 spiro atoms. The van der Waals surface area contributed by atoms with Gasteiger partial charge in [-0.05, 0) is 18.6 Å². The number of carboxylic acid groups (broad SMARTS) is 1. The van der Waals surface area contributed by atoms with E-state index in [2.05, 4.69) is 10.3 Å². The minimum Gasteiger partial charge on any atom is -0.478 e. The Kier molecular flexibility index (Phi) is 4.42. The van der Waals surface area contributed by atoms with E-state index < -0.39 is 11.4 Å². The van der Waals surface area contributed by atoms with Crippen LogP contribution in [0.5, 0.6) is 0 Å². The monoisotopic (exact) mass is 250 g/mol. The molecular weight excluding hydrogens is 232 g/mol. The topological polar surface area (TPSA) is 79.3 Å². The first-order valence-electron chi connectivity index (χ1n) is 5.83. The number of nitrogens with zero attached hydrogens (tertiary/aromatic N) is 1. The van der Waals surface area contributed by atoms with Crippen molar-refractivity contribution in [2.24, 2.45) is 5.41 Å². The molecule has 1 amide bonds. The van der Waals surface area contributed by atoms with Gasteiger partial charge in [0.15, 0.2) is 0 Å². The lowest BCUT2D eigenvalue weighted by Gasteiger charge is -2.21. The van der Waals surface area contributed by atoms with E-state index in [1.54, 1.807) is 0 Å². The van der Waals surface area contributed by atoms with Crippen LogP contribution < -0.4 is 5.32 Å². The summed E-state index contributed by atoms with van der Waals surface area (Å²) in [6.07, 6.45) is 2.16. The van der Waals surface area contributed by atoms with E-state index >= 15 is 0 Å². The highest BCUT2D eigenvalue weighted by Crippen LogP contribution is 2.19. The summed E-state index contributed by atoms with van der Waals surface area (Å²) in [4.78, 5) is 26.6. The first-order valence-corrected chi connectivity index (χ1v) is 5.83. The number of nitrogens with one attached hydrogen (secondary N) is 1. The van der Waals surface area contributed by atoms with Crippen molar-refractivity contribution >= 4 is 11.9 Å². The molecule has 1 rings (SSSR count). The fourth-order valence-corrected chi connectivity index (χ4v) is 1.28. The SMILES string of the molecule is CCC(C)(C)C(=O)NCc1cc(C(=O)O)ccn1. The number of hydrogen-bond donors (Lipinski definition) is 2. The molecule has 0 saturated heterocycles. The lowest BCUT2D eigenvalue weighted by molar-refractivity contribution is -0.129. The van der Waals surface area contributed by atoms with Gasteiger partial charge in [-0.2, -0.15) is 0 Å². The van der Waals surface area contributed by atoms with Crippen molar-refractivity contribution < 1.29 is 14.7 Å². The maximum Gasteiger partial charge on any atom is 0.335 e. The van der Waals surface area contributed by atoms with Crippen LogP contribution >= 0.6 is 0 Å². The number of pyridine rings is 1. The molecule has 0 aliphatic carbocycles. The summed E-state index contributed by atoms with van der Waals surface area (Å²) in [5.41, 5.74) is 0.281. The van der Waals surface area contributed by atoms with Crippen LogP contribution in [0.15, 0.2) is 18.3 Å². The van der Waals surface area contributed by atoms with Gasteiger partial charge in [0.25, 0.3) is 0 Å². The Morgan fingerprint density at radius 3 is 2.67 bits per heavy atom. The minimum absolute atomic E-state index is 0.0625. The van der Waals surface area contributed by atoms with Crippen LogP contribution in [0, 0.1) is 5.41 Å². The van der Waals surface area contributed by atoms with Crippen molar-refractivity contribution in [3.05, 3.63) is 29.6 Å². The van der Waals surface area contributed by atoms with Gasteiger partial charge in [-0.1, -0.05) is 20.8 Å². The van der Waals surface area contributed by atoms with Crippen molar-refractivity contribution in [2.75, 3.05) is 0 Å². The Labute approximate surface area is 106 Å². The van der Waals surface area contributed by atoms with Crippen molar-refractivity contribution in [1.82, 2.24) is 10.3 Å². The largest absolute Gasteiger partial charge is 0.478 e. The zero-order valence-corrected chi connectivity index (χ0v) is 10.9. The van der Waals surface area contributed by atoms with Crippen LogP contribution in [0.3, 0.4) is 0 Å². The van der Waals surface area contributed by atoms with Crippen LogP contribution in [0.25, 0.3) is 0 Å². The van der Waals surface area contributed by atoms with Crippen LogP contribution in [0.2, 0.25) is 0 Å². The third-order valence-corrected chi connectivity index (χ3v) is 2.99. The minimum atomic E-state index is -1.00. The first kappa shape index (κ1) is 14.2. The number of aromatic nitrogens is 1. The normalized spacial score (nSPS) is 11.1. The third-order valence-electron chi connectivity index (χ3n) is 2.99. The van der Waals surface area contributed by atoms with Gasteiger partial charge in [-0.15, -0.1) is 0 Å². The molecule has 0 saturated carbocycles. The lowest BCUT2D eigenvalue weighted by Crippen LogP contribution is -2.36. The number of carboxylic acids is 1. The number of rotatable bonds is 5. The Balaban J connectivity index is 2.67. The molecule has 0 bridgehead atoms. The maximum atomic E-state index is 11.8. The Morgan fingerprint density at radius 2 is 2.11 bits per heavy atom. The summed E-state index contributed by atoms with van der Waals surface area (Å²) in [5, 5.41) is 11.6. The molecule has 5 nitrogen and oxygen atoms in total. The molecule has 0 aliphatic heterocycles. The fourth-order valence-electron chi connectivity index (χ4n) is 1.28. The number of hydrogen-bond acceptors (Lipinski definition) is 3. The van der Waals surface area contributed by atoms with Crippen LogP contribution in [-0.4, -0.2) is 22.0 Å². The summed E-state index contributed by atoms with van der Waals surface area (Å²) < 4.78 is 0. The highest BCUT2D eigenvalue weighted by molar-refractivity contribution is 5.87. The van der Waals surface area contributed by atoms with Gasteiger partial charge in [-0.25, -0.2) is 4.79 Å². The number of carbonyl (C=O) groups is 2. The van der Waals surface area contributed by atoms with E-state index in [9.17, 15) is 9.59 Å². The molecule has 1 heterocycles. The molecule has 1 aromatic heterocycles. The smallest absolute Gasteiger partial charge is 0.335 e. The molecule has 1 aromatic rings. The van der Waals surface area contributed by atoms with Gasteiger partial charge >= 0.3 is 5.97 Å². The molecule has 0 radical (unpaired) electrons. The van der Waals surface area contributed by atoms with E-state index in [0.29, 0.717) is 5.69 Å². The van der Waals surface area contributed by atoms with Crippen molar-refractivity contribution in [3.8, 4) is 0 Å². The summed E-state index contributed by atoms with van der Waals surface area (Å²) in [7, 11) is 0. The molecule has 98 valence electrons. The molecule has 0 unspecified atom stereocenters. The maximum absolute atomic E-state index is 11.8. The molecule has 18 heavy (non-hydrogen) atoms. The highest BCUT2D eigenvalue weighted by atomic mass is 16.4. The fraction of sp³-hybridized carbons (Fsp3) is 0.462. The molecule has 0 atom stereocenters. The zero-order valence-electron chi connectivity index (χ0n) is 10.9. The number of carbonyl (C=O) groups excluding carboxylic acids is 1. The number of amides is 1. The molecule has 0 aromatic carbocycles.